The molecule has 110 valence electrons. The van der Waals surface area contributed by atoms with Crippen LogP contribution in [-0.4, -0.2) is 24.8 Å². The van der Waals surface area contributed by atoms with Crippen molar-refractivity contribution >= 4 is 0 Å². The lowest BCUT2D eigenvalue weighted by atomic mass is 9.74. The van der Waals surface area contributed by atoms with Crippen LogP contribution in [0.1, 0.15) is 71.1 Å². The van der Waals surface area contributed by atoms with Gasteiger partial charge in [-0.3, -0.25) is 0 Å². The van der Waals surface area contributed by atoms with Gasteiger partial charge < -0.3 is 10.1 Å². The lowest BCUT2D eigenvalue weighted by Crippen LogP contribution is -2.44. The summed E-state index contributed by atoms with van der Waals surface area (Å²) in [5.74, 6) is 1.80. The summed E-state index contributed by atoms with van der Waals surface area (Å²) in [5, 5.41) is 3.77. The molecule has 1 aliphatic carbocycles. The second kappa shape index (κ2) is 6.13. The van der Waals surface area contributed by atoms with Crippen LogP contribution in [0.4, 0.5) is 0 Å². The Morgan fingerprint density at radius 1 is 1.11 bits per heavy atom. The first-order valence-corrected chi connectivity index (χ1v) is 8.63. The number of ether oxygens (including phenoxy) is 1. The molecule has 3 unspecified atom stereocenters. The molecule has 2 nitrogen and oxygen atoms in total. The van der Waals surface area contributed by atoms with Crippen molar-refractivity contribution in [2.75, 3.05) is 13.2 Å². The molecule has 0 aromatic carbocycles. The third kappa shape index (κ3) is 3.52. The summed E-state index contributed by atoms with van der Waals surface area (Å²) in [6, 6.07) is 0.792. The number of nitrogens with one attached hydrogen (secondary N) is 1. The molecule has 1 saturated carbocycles. The van der Waals surface area contributed by atoms with E-state index in [2.05, 4.69) is 12.2 Å². The quantitative estimate of drug-likeness (QED) is 0.818. The Balaban J connectivity index is 1.50. The van der Waals surface area contributed by atoms with Crippen LogP contribution in [0.2, 0.25) is 0 Å². The highest BCUT2D eigenvalue weighted by Crippen LogP contribution is 2.42. The van der Waals surface area contributed by atoms with Crippen molar-refractivity contribution < 1.29 is 4.74 Å². The summed E-state index contributed by atoms with van der Waals surface area (Å²) in [6.07, 6.45) is 13.7. The zero-order valence-electron chi connectivity index (χ0n) is 12.6. The van der Waals surface area contributed by atoms with Gasteiger partial charge in [0.1, 0.15) is 0 Å². The molecule has 3 aliphatic rings. The average Bonchev–Trinajstić information content (AvgIpc) is 2.42. The van der Waals surface area contributed by atoms with Crippen LogP contribution in [0.5, 0.6) is 0 Å². The van der Waals surface area contributed by atoms with Gasteiger partial charge in [0, 0.05) is 12.6 Å². The molecule has 2 heteroatoms. The molecule has 0 aromatic heterocycles. The molecule has 0 radical (unpaired) electrons. The summed E-state index contributed by atoms with van der Waals surface area (Å²) in [4.78, 5) is 0. The smallest absolute Gasteiger partial charge is 0.0685 e. The molecule has 3 rings (SSSR count). The van der Waals surface area contributed by atoms with Crippen molar-refractivity contribution in [2.45, 2.75) is 82.8 Å². The van der Waals surface area contributed by atoms with Gasteiger partial charge >= 0.3 is 0 Å². The molecule has 3 atom stereocenters. The van der Waals surface area contributed by atoms with Crippen LogP contribution in [0.25, 0.3) is 0 Å². The Hall–Kier alpha value is -0.0800. The van der Waals surface area contributed by atoms with Crippen LogP contribution < -0.4 is 5.32 Å². The van der Waals surface area contributed by atoms with Gasteiger partial charge in [-0.25, -0.2) is 0 Å². The van der Waals surface area contributed by atoms with Gasteiger partial charge in [-0.2, -0.15) is 0 Å². The Bertz CT molecular complexity index is 271. The number of rotatable bonds is 2. The highest BCUT2D eigenvalue weighted by atomic mass is 16.5. The first-order valence-electron chi connectivity index (χ1n) is 8.63. The van der Waals surface area contributed by atoms with Gasteiger partial charge in [0.05, 0.1) is 5.60 Å². The van der Waals surface area contributed by atoms with Crippen LogP contribution in [-0.2, 0) is 4.74 Å². The van der Waals surface area contributed by atoms with Crippen LogP contribution >= 0.6 is 0 Å². The summed E-state index contributed by atoms with van der Waals surface area (Å²) in [7, 11) is 0. The molecular weight excluding hydrogens is 234 g/mol. The van der Waals surface area contributed by atoms with Crippen molar-refractivity contribution in [3.05, 3.63) is 0 Å². The van der Waals surface area contributed by atoms with Crippen LogP contribution in [0.15, 0.2) is 0 Å². The lowest BCUT2D eigenvalue weighted by molar-refractivity contribution is -0.119. The predicted octanol–water partition coefficient (Wildman–Crippen LogP) is 3.89. The molecule has 19 heavy (non-hydrogen) atoms. The van der Waals surface area contributed by atoms with E-state index in [0.29, 0.717) is 5.60 Å². The SMILES string of the molecule is CC1CCC(CC2CCOC3(CCCCC3)C2)NC1. The zero-order valence-corrected chi connectivity index (χ0v) is 12.6. The standard InChI is InChI=1S/C17H31NO/c1-14-5-6-16(18-13-14)11-15-7-10-19-17(12-15)8-3-2-4-9-17/h14-16,18H,2-13H2,1H3. The minimum absolute atomic E-state index is 0.295. The van der Waals surface area contributed by atoms with Gasteiger partial charge in [0.25, 0.3) is 0 Å². The van der Waals surface area contributed by atoms with E-state index in [0.717, 1.165) is 24.5 Å². The molecule has 2 heterocycles. The van der Waals surface area contributed by atoms with E-state index in [1.165, 1.54) is 70.8 Å². The van der Waals surface area contributed by atoms with E-state index in [-0.39, 0.29) is 0 Å². The molecule has 0 amide bonds. The number of hydrogen-bond donors (Lipinski definition) is 1. The zero-order chi connectivity index (χ0) is 13.1. The maximum Gasteiger partial charge on any atom is 0.0685 e. The van der Waals surface area contributed by atoms with Crippen LogP contribution in [0, 0.1) is 11.8 Å². The molecule has 0 aromatic rings. The monoisotopic (exact) mass is 265 g/mol. The lowest BCUT2D eigenvalue weighted by Gasteiger charge is -2.44. The van der Waals surface area contributed by atoms with Crippen molar-refractivity contribution in [3.63, 3.8) is 0 Å². The van der Waals surface area contributed by atoms with E-state index in [1.807, 2.05) is 0 Å². The Labute approximate surface area is 118 Å². The largest absolute Gasteiger partial charge is 0.375 e. The van der Waals surface area contributed by atoms with E-state index >= 15 is 0 Å². The third-order valence-corrected chi connectivity index (χ3v) is 5.74. The molecular formula is C17H31NO. The second-order valence-corrected chi connectivity index (χ2v) is 7.47. The summed E-state index contributed by atoms with van der Waals surface area (Å²) in [6.45, 7) is 4.63. The molecule has 1 N–H and O–H groups in total. The summed E-state index contributed by atoms with van der Waals surface area (Å²) < 4.78 is 6.22. The van der Waals surface area contributed by atoms with Crippen LogP contribution in [0.3, 0.4) is 0 Å². The van der Waals surface area contributed by atoms with Crippen molar-refractivity contribution in [1.29, 1.82) is 0 Å². The predicted molar refractivity (Wildman–Crippen MR) is 79.3 cm³/mol. The average molecular weight is 265 g/mol. The van der Waals surface area contributed by atoms with Gasteiger partial charge in [-0.05, 0) is 63.3 Å². The van der Waals surface area contributed by atoms with Gasteiger partial charge in [-0.1, -0.05) is 26.2 Å². The second-order valence-electron chi connectivity index (χ2n) is 7.47. The highest BCUT2D eigenvalue weighted by molar-refractivity contribution is 4.91. The van der Waals surface area contributed by atoms with Crippen molar-refractivity contribution in [3.8, 4) is 0 Å². The highest BCUT2D eigenvalue weighted by Gasteiger charge is 2.39. The minimum atomic E-state index is 0.295. The Kier molecular flexibility index (Phi) is 4.48. The number of piperidine rings is 1. The van der Waals surface area contributed by atoms with E-state index < -0.39 is 0 Å². The van der Waals surface area contributed by atoms with Gasteiger partial charge in [-0.15, -0.1) is 0 Å². The normalized spacial score (nSPS) is 39.3. The fraction of sp³-hybridized carbons (Fsp3) is 1.00. The first-order chi connectivity index (χ1) is 9.26. The summed E-state index contributed by atoms with van der Waals surface area (Å²) >= 11 is 0. The Morgan fingerprint density at radius 3 is 2.68 bits per heavy atom. The molecule has 1 spiro atoms. The fourth-order valence-electron chi connectivity index (χ4n) is 4.54. The topological polar surface area (TPSA) is 21.3 Å². The molecule has 2 saturated heterocycles. The maximum atomic E-state index is 6.22. The summed E-state index contributed by atoms with van der Waals surface area (Å²) in [5.41, 5.74) is 0.295. The fourth-order valence-corrected chi connectivity index (χ4v) is 4.54. The van der Waals surface area contributed by atoms with Crippen molar-refractivity contribution in [2.24, 2.45) is 11.8 Å². The number of hydrogen-bond acceptors (Lipinski definition) is 2. The first kappa shape index (κ1) is 13.9. The van der Waals surface area contributed by atoms with Gasteiger partial charge in [0.2, 0.25) is 0 Å². The molecule has 0 bridgehead atoms. The molecule has 3 fully saturated rings. The van der Waals surface area contributed by atoms with Crippen molar-refractivity contribution in [1.82, 2.24) is 5.32 Å². The van der Waals surface area contributed by atoms with E-state index in [4.69, 9.17) is 4.74 Å². The van der Waals surface area contributed by atoms with E-state index in [9.17, 15) is 0 Å². The molecule has 2 aliphatic heterocycles. The van der Waals surface area contributed by atoms with E-state index in [1.54, 1.807) is 0 Å². The maximum absolute atomic E-state index is 6.22. The third-order valence-electron chi connectivity index (χ3n) is 5.74. The van der Waals surface area contributed by atoms with Gasteiger partial charge in [0.15, 0.2) is 0 Å². The Morgan fingerprint density at radius 2 is 1.95 bits per heavy atom. The minimum Gasteiger partial charge on any atom is -0.375 e.